The highest BCUT2D eigenvalue weighted by atomic mass is 16.4. The van der Waals surface area contributed by atoms with Gasteiger partial charge in [0, 0.05) is 5.92 Å². The highest BCUT2D eigenvalue weighted by Crippen LogP contribution is 2.25. The van der Waals surface area contributed by atoms with Gasteiger partial charge in [-0.3, -0.25) is 0 Å². The summed E-state index contributed by atoms with van der Waals surface area (Å²) in [6.45, 7) is 6.17. The minimum absolute atomic E-state index is 0.0184. The normalized spacial score (nSPS) is 15.1. The van der Waals surface area contributed by atoms with Gasteiger partial charge < -0.3 is 9.52 Å². The first-order valence-corrected chi connectivity index (χ1v) is 4.75. The van der Waals surface area contributed by atoms with Crippen molar-refractivity contribution < 1.29 is 14.3 Å². The second kappa shape index (κ2) is 4.26. The molecule has 0 radical (unpaired) electrons. The standard InChI is InChI=1S/C10H15NO3/c1-4-6(2)7(3)9-11-8(5-14-9)10(12)13/h5-7H,4H2,1-3H3,(H,12,13)/t6?,7-/m0/s1. The summed E-state index contributed by atoms with van der Waals surface area (Å²) in [6, 6.07) is 0. The Kier molecular flexibility index (Phi) is 3.28. The summed E-state index contributed by atoms with van der Waals surface area (Å²) in [6.07, 6.45) is 2.21. The lowest BCUT2D eigenvalue weighted by Gasteiger charge is -2.13. The number of aromatic carboxylic acids is 1. The van der Waals surface area contributed by atoms with Crippen molar-refractivity contribution in [3.8, 4) is 0 Å². The fourth-order valence-electron chi connectivity index (χ4n) is 1.19. The topological polar surface area (TPSA) is 63.3 Å². The van der Waals surface area contributed by atoms with Crippen molar-refractivity contribution in [2.45, 2.75) is 33.1 Å². The van der Waals surface area contributed by atoms with Gasteiger partial charge in [0.1, 0.15) is 6.26 Å². The molecule has 0 aliphatic rings. The molecule has 4 heteroatoms. The van der Waals surface area contributed by atoms with Gasteiger partial charge in [-0.05, 0) is 5.92 Å². The van der Waals surface area contributed by atoms with Gasteiger partial charge in [-0.1, -0.05) is 27.2 Å². The molecule has 0 aromatic carbocycles. The second-order valence-corrected chi connectivity index (χ2v) is 3.55. The molecule has 1 heterocycles. The van der Waals surface area contributed by atoms with Gasteiger partial charge in [0.25, 0.3) is 0 Å². The molecule has 1 aromatic heterocycles. The Labute approximate surface area is 83.0 Å². The van der Waals surface area contributed by atoms with E-state index in [0.717, 1.165) is 6.42 Å². The molecular weight excluding hydrogens is 182 g/mol. The molecule has 1 N–H and O–H groups in total. The van der Waals surface area contributed by atoms with Gasteiger partial charge in [0.05, 0.1) is 0 Å². The first-order chi connectivity index (χ1) is 6.56. The van der Waals surface area contributed by atoms with E-state index in [-0.39, 0.29) is 11.6 Å². The summed E-state index contributed by atoms with van der Waals surface area (Å²) in [7, 11) is 0. The summed E-state index contributed by atoms with van der Waals surface area (Å²) in [5.41, 5.74) is -0.0184. The van der Waals surface area contributed by atoms with Gasteiger partial charge >= 0.3 is 5.97 Å². The molecule has 1 rings (SSSR count). The summed E-state index contributed by atoms with van der Waals surface area (Å²) in [5, 5.41) is 8.65. The average Bonchev–Trinajstić information content (AvgIpc) is 2.64. The molecule has 0 saturated heterocycles. The summed E-state index contributed by atoms with van der Waals surface area (Å²) in [5.74, 6) is 0.0662. The Hall–Kier alpha value is -1.32. The molecular formula is C10H15NO3. The van der Waals surface area contributed by atoms with Crippen molar-refractivity contribution in [1.82, 2.24) is 4.98 Å². The first-order valence-electron chi connectivity index (χ1n) is 4.75. The quantitative estimate of drug-likeness (QED) is 0.805. The van der Waals surface area contributed by atoms with Crippen LogP contribution in [0.3, 0.4) is 0 Å². The smallest absolute Gasteiger partial charge is 0.357 e. The van der Waals surface area contributed by atoms with Crippen LogP contribution in [0.4, 0.5) is 0 Å². The van der Waals surface area contributed by atoms with Crippen LogP contribution in [0.5, 0.6) is 0 Å². The van der Waals surface area contributed by atoms with Crippen LogP contribution in [0.1, 0.15) is 49.5 Å². The highest BCUT2D eigenvalue weighted by molar-refractivity contribution is 5.84. The van der Waals surface area contributed by atoms with Crippen molar-refractivity contribution in [1.29, 1.82) is 0 Å². The predicted molar refractivity (Wildman–Crippen MR) is 51.3 cm³/mol. The Morgan fingerprint density at radius 3 is 2.71 bits per heavy atom. The van der Waals surface area contributed by atoms with E-state index in [2.05, 4.69) is 18.8 Å². The van der Waals surface area contributed by atoms with Gasteiger partial charge in [0.15, 0.2) is 11.6 Å². The van der Waals surface area contributed by atoms with E-state index in [1.54, 1.807) is 0 Å². The molecule has 14 heavy (non-hydrogen) atoms. The van der Waals surface area contributed by atoms with Crippen LogP contribution in [-0.2, 0) is 0 Å². The average molecular weight is 197 g/mol. The van der Waals surface area contributed by atoms with E-state index in [1.165, 1.54) is 6.26 Å². The highest BCUT2D eigenvalue weighted by Gasteiger charge is 2.19. The summed E-state index contributed by atoms with van der Waals surface area (Å²) in [4.78, 5) is 14.5. The zero-order chi connectivity index (χ0) is 10.7. The summed E-state index contributed by atoms with van der Waals surface area (Å²) < 4.78 is 5.12. The molecule has 78 valence electrons. The number of aromatic nitrogens is 1. The maximum Gasteiger partial charge on any atom is 0.357 e. The number of carboxylic acids is 1. The van der Waals surface area contributed by atoms with Crippen LogP contribution >= 0.6 is 0 Å². The summed E-state index contributed by atoms with van der Waals surface area (Å²) >= 11 is 0. The predicted octanol–water partition coefficient (Wildman–Crippen LogP) is 2.52. The number of rotatable bonds is 4. The fourth-order valence-corrected chi connectivity index (χ4v) is 1.19. The minimum atomic E-state index is -1.05. The molecule has 0 aliphatic carbocycles. The Balaban J connectivity index is 2.81. The second-order valence-electron chi connectivity index (χ2n) is 3.55. The Morgan fingerprint density at radius 2 is 2.29 bits per heavy atom. The molecule has 0 fully saturated rings. The van der Waals surface area contributed by atoms with Crippen molar-refractivity contribution in [3.63, 3.8) is 0 Å². The number of hydrogen-bond donors (Lipinski definition) is 1. The van der Waals surface area contributed by atoms with E-state index >= 15 is 0 Å². The lowest BCUT2D eigenvalue weighted by Crippen LogP contribution is -2.06. The van der Waals surface area contributed by atoms with Crippen LogP contribution in [0.25, 0.3) is 0 Å². The van der Waals surface area contributed by atoms with Crippen molar-refractivity contribution in [3.05, 3.63) is 17.8 Å². The van der Waals surface area contributed by atoms with Crippen molar-refractivity contribution >= 4 is 5.97 Å². The van der Waals surface area contributed by atoms with E-state index < -0.39 is 5.97 Å². The van der Waals surface area contributed by atoms with Gasteiger partial charge in [-0.25, -0.2) is 9.78 Å². The number of nitrogens with zero attached hydrogens (tertiary/aromatic N) is 1. The number of carboxylic acid groups (broad SMARTS) is 1. The molecule has 0 saturated carbocycles. The van der Waals surface area contributed by atoms with E-state index in [9.17, 15) is 4.79 Å². The number of carbonyl (C=O) groups is 1. The van der Waals surface area contributed by atoms with Crippen LogP contribution in [-0.4, -0.2) is 16.1 Å². The van der Waals surface area contributed by atoms with Crippen LogP contribution in [0.15, 0.2) is 10.7 Å². The van der Waals surface area contributed by atoms with Gasteiger partial charge in [0.2, 0.25) is 0 Å². The van der Waals surface area contributed by atoms with Crippen molar-refractivity contribution in [2.24, 2.45) is 5.92 Å². The third-order valence-electron chi connectivity index (χ3n) is 2.63. The Bertz CT molecular complexity index is 319. The first kappa shape index (κ1) is 10.8. The number of hydrogen-bond acceptors (Lipinski definition) is 3. The van der Waals surface area contributed by atoms with E-state index in [1.807, 2.05) is 6.92 Å². The third kappa shape index (κ3) is 2.13. The van der Waals surface area contributed by atoms with E-state index in [0.29, 0.717) is 11.8 Å². The zero-order valence-electron chi connectivity index (χ0n) is 8.65. The largest absolute Gasteiger partial charge is 0.476 e. The van der Waals surface area contributed by atoms with E-state index in [4.69, 9.17) is 9.52 Å². The van der Waals surface area contributed by atoms with Crippen LogP contribution < -0.4 is 0 Å². The SMILES string of the molecule is CCC(C)[C@H](C)c1nc(C(=O)O)co1. The van der Waals surface area contributed by atoms with Gasteiger partial charge in [-0.15, -0.1) is 0 Å². The maximum absolute atomic E-state index is 10.6. The molecule has 0 amide bonds. The monoisotopic (exact) mass is 197 g/mol. The molecule has 1 unspecified atom stereocenters. The molecule has 0 aliphatic heterocycles. The number of oxazole rings is 1. The third-order valence-corrected chi connectivity index (χ3v) is 2.63. The molecule has 1 aromatic rings. The molecule has 0 spiro atoms. The molecule has 2 atom stereocenters. The van der Waals surface area contributed by atoms with Crippen molar-refractivity contribution in [2.75, 3.05) is 0 Å². The lowest BCUT2D eigenvalue weighted by molar-refractivity contribution is 0.0690. The molecule has 0 bridgehead atoms. The molecule has 4 nitrogen and oxygen atoms in total. The van der Waals surface area contributed by atoms with Crippen LogP contribution in [0.2, 0.25) is 0 Å². The maximum atomic E-state index is 10.6. The minimum Gasteiger partial charge on any atom is -0.476 e. The van der Waals surface area contributed by atoms with Crippen LogP contribution in [0, 0.1) is 5.92 Å². The lowest BCUT2D eigenvalue weighted by atomic mass is 9.94. The van der Waals surface area contributed by atoms with Gasteiger partial charge in [-0.2, -0.15) is 0 Å². The Morgan fingerprint density at radius 1 is 1.64 bits per heavy atom. The zero-order valence-corrected chi connectivity index (χ0v) is 8.65. The fraction of sp³-hybridized carbons (Fsp3) is 0.600.